The van der Waals surface area contributed by atoms with Crippen molar-refractivity contribution in [1.29, 1.82) is 5.41 Å². The van der Waals surface area contributed by atoms with E-state index in [-0.39, 0.29) is 23.6 Å². The topological polar surface area (TPSA) is 120 Å². The van der Waals surface area contributed by atoms with Gasteiger partial charge < -0.3 is 20.9 Å². The monoisotopic (exact) mass is 511 g/mol. The van der Waals surface area contributed by atoms with Crippen LogP contribution in [-0.2, 0) is 22.4 Å². The third-order valence-electron chi connectivity index (χ3n) is 6.66. The van der Waals surface area contributed by atoms with E-state index in [1.165, 1.54) is 6.92 Å². The first-order chi connectivity index (χ1) is 18.3. The number of carbonyl (C=O) groups excluding carboxylic acids is 3. The van der Waals surface area contributed by atoms with Crippen molar-refractivity contribution in [2.24, 2.45) is 5.73 Å². The number of rotatable bonds is 9. The molecule has 1 aliphatic heterocycles. The summed E-state index contributed by atoms with van der Waals surface area (Å²) in [6, 6.07) is 22.3. The lowest BCUT2D eigenvalue weighted by Gasteiger charge is -2.30. The van der Waals surface area contributed by atoms with Crippen molar-refractivity contribution in [3.8, 4) is 0 Å². The van der Waals surface area contributed by atoms with Crippen molar-refractivity contribution in [3.63, 3.8) is 0 Å². The number of aryl methyl sites for hydroxylation is 2. The Kier molecular flexibility index (Phi) is 8.53. The minimum absolute atomic E-state index is 0.0232. The highest BCUT2D eigenvalue weighted by atomic mass is 16.2. The quantitative estimate of drug-likeness (QED) is 0.300. The first kappa shape index (κ1) is 26.6. The van der Waals surface area contributed by atoms with Gasteiger partial charge in [0.25, 0.3) is 5.91 Å². The summed E-state index contributed by atoms with van der Waals surface area (Å²) in [4.78, 5) is 41.6. The van der Waals surface area contributed by atoms with Crippen molar-refractivity contribution in [3.05, 3.63) is 95.1 Å². The fraction of sp³-hybridized carbons (Fsp3) is 0.267. The maximum absolute atomic E-state index is 13.6. The molecule has 0 bridgehead atoms. The van der Waals surface area contributed by atoms with Gasteiger partial charge in [-0.15, -0.1) is 0 Å². The number of para-hydroxylation sites is 1. The molecule has 38 heavy (non-hydrogen) atoms. The summed E-state index contributed by atoms with van der Waals surface area (Å²) in [5.74, 6) is -0.226. The number of hydrogen-bond donors (Lipinski definition) is 3. The predicted molar refractivity (Wildman–Crippen MR) is 150 cm³/mol. The lowest BCUT2D eigenvalue weighted by Crippen LogP contribution is -2.38. The van der Waals surface area contributed by atoms with Crippen LogP contribution in [-0.4, -0.2) is 43.2 Å². The minimum atomic E-state index is -0.151. The fourth-order valence-electron chi connectivity index (χ4n) is 4.68. The van der Waals surface area contributed by atoms with Crippen LogP contribution in [0, 0.1) is 5.41 Å². The Morgan fingerprint density at radius 2 is 1.71 bits per heavy atom. The molecule has 8 heteroatoms. The normalized spacial score (nSPS) is 12.4. The molecule has 0 unspecified atom stereocenters. The van der Waals surface area contributed by atoms with E-state index in [0.717, 1.165) is 35.3 Å². The van der Waals surface area contributed by atoms with Crippen LogP contribution in [0.15, 0.2) is 72.8 Å². The molecule has 1 heterocycles. The van der Waals surface area contributed by atoms with Crippen molar-refractivity contribution in [1.82, 2.24) is 5.32 Å². The Labute approximate surface area is 222 Å². The van der Waals surface area contributed by atoms with Crippen molar-refractivity contribution >= 4 is 34.9 Å². The van der Waals surface area contributed by atoms with Gasteiger partial charge in [-0.1, -0.05) is 42.5 Å². The first-order valence-corrected chi connectivity index (χ1v) is 12.8. The Bertz CT molecular complexity index is 1320. The van der Waals surface area contributed by atoms with Crippen LogP contribution < -0.4 is 20.9 Å². The number of amidine groups is 1. The number of benzene rings is 3. The summed E-state index contributed by atoms with van der Waals surface area (Å²) in [5.41, 5.74) is 10.3. The zero-order chi connectivity index (χ0) is 27.1. The fourth-order valence-corrected chi connectivity index (χ4v) is 4.68. The molecule has 1 aliphatic rings. The molecule has 3 aromatic carbocycles. The van der Waals surface area contributed by atoms with Crippen LogP contribution in [0.1, 0.15) is 46.8 Å². The van der Waals surface area contributed by atoms with Gasteiger partial charge in [0.2, 0.25) is 11.8 Å². The molecular weight excluding hydrogens is 478 g/mol. The number of amides is 3. The number of hydrogen-bond acceptors (Lipinski definition) is 4. The van der Waals surface area contributed by atoms with Crippen LogP contribution in [0.25, 0.3) is 0 Å². The van der Waals surface area contributed by atoms with E-state index in [1.54, 1.807) is 23.1 Å². The Balaban J connectivity index is 1.48. The van der Waals surface area contributed by atoms with Crippen LogP contribution in [0.5, 0.6) is 0 Å². The number of nitrogen functional groups attached to an aromatic ring is 1. The van der Waals surface area contributed by atoms with E-state index in [4.69, 9.17) is 11.1 Å². The molecule has 0 aliphatic carbocycles. The summed E-state index contributed by atoms with van der Waals surface area (Å²) in [7, 11) is 0. The number of fused-ring (bicyclic) bond motifs is 1. The third kappa shape index (κ3) is 6.45. The molecule has 3 aromatic rings. The number of nitrogens with zero attached hydrogens (tertiary/aromatic N) is 2. The number of anilines is 2. The minimum Gasteiger partial charge on any atom is -0.384 e. The van der Waals surface area contributed by atoms with Gasteiger partial charge in [-0.25, -0.2) is 0 Å². The van der Waals surface area contributed by atoms with Crippen molar-refractivity contribution in [2.45, 2.75) is 32.6 Å². The molecule has 0 spiro atoms. The molecule has 0 fully saturated rings. The van der Waals surface area contributed by atoms with Gasteiger partial charge in [0, 0.05) is 55.5 Å². The van der Waals surface area contributed by atoms with Gasteiger partial charge in [0.1, 0.15) is 5.84 Å². The molecular formula is C30H33N5O3. The highest BCUT2D eigenvalue weighted by Crippen LogP contribution is 2.30. The first-order valence-electron chi connectivity index (χ1n) is 12.8. The highest BCUT2D eigenvalue weighted by Gasteiger charge is 2.25. The summed E-state index contributed by atoms with van der Waals surface area (Å²) in [6.07, 6.45) is 2.59. The van der Waals surface area contributed by atoms with Crippen molar-refractivity contribution < 1.29 is 14.4 Å². The second-order valence-corrected chi connectivity index (χ2v) is 9.38. The smallest absolute Gasteiger partial charge is 0.258 e. The van der Waals surface area contributed by atoms with Gasteiger partial charge in [-0.05, 0) is 60.7 Å². The van der Waals surface area contributed by atoms with Crippen LogP contribution in [0.4, 0.5) is 11.4 Å². The standard InChI is InChI=1S/C30H33N5O3/c1-21(36)33-17-19-34(26-7-3-2-4-8-26)30(38)25-14-15-27-24(20-25)6-5-18-35(27)28(37)16-11-22-9-12-23(13-10-22)29(31)32/h2-4,7-10,12-15,20H,5-6,11,16-19H2,1H3,(H3,31,32)(H,33,36). The van der Waals surface area contributed by atoms with Gasteiger partial charge in [0.05, 0.1) is 0 Å². The molecule has 0 radical (unpaired) electrons. The van der Waals surface area contributed by atoms with E-state index >= 15 is 0 Å². The van der Waals surface area contributed by atoms with E-state index < -0.39 is 0 Å². The van der Waals surface area contributed by atoms with Gasteiger partial charge in [-0.3, -0.25) is 19.8 Å². The Morgan fingerprint density at radius 3 is 2.39 bits per heavy atom. The molecule has 0 saturated heterocycles. The van der Waals surface area contributed by atoms with Gasteiger partial charge in [-0.2, -0.15) is 0 Å². The molecule has 8 nitrogen and oxygen atoms in total. The van der Waals surface area contributed by atoms with E-state index in [2.05, 4.69) is 5.32 Å². The molecule has 196 valence electrons. The third-order valence-corrected chi connectivity index (χ3v) is 6.66. The zero-order valence-corrected chi connectivity index (χ0v) is 21.6. The lowest BCUT2D eigenvalue weighted by molar-refractivity contribution is -0.119. The van der Waals surface area contributed by atoms with Gasteiger partial charge in [0.15, 0.2) is 0 Å². The van der Waals surface area contributed by atoms with E-state index in [1.807, 2.05) is 59.5 Å². The van der Waals surface area contributed by atoms with Crippen LogP contribution >= 0.6 is 0 Å². The van der Waals surface area contributed by atoms with Crippen LogP contribution in [0.3, 0.4) is 0 Å². The number of nitrogens with two attached hydrogens (primary N) is 1. The lowest BCUT2D eigenvalue weighted by atomic mass is 9.97. The SMILES string of the molecule is CC(=O)NCCN(C(=O)c1ccc2c(c1)CCCN2C(=O)CCc1ccc(C(=N)N)cc1)c1ccccc1. The van der Waals surface area contributed by atoms with E-state index in [9.17, 15) is 14.4 Å². The second kappa shape index (κ2) is 12.2. The maximum atomic E-state index is 13.6. The molecule has 3 amide bonds. The van der Waals surface area contributed by atoms with Crippen LogP contribution in [0.2, 0.25) is 0 Å². The summed E-state index contributed by atoms with van der Waals surface area (Å²) in [5, 5.41) is 10.3. The largest absolute Gasteiger partial charge is 0.384 e. The van der Waals surface area contributed by atoms with E-state index in [0.29, 0.717) is 43.6 Å². The average molecular weight is 512 g/mol. The predicted octanol–water partition coefficient (Wildman–Crippen LogP) is 3.67. The van der Waals surface area contributed by atoms with Gasteiger partial charge >= 0.3 is 0 Å². The zero-order valence-electron chi connectivity index (χ0n) is 21.6. The number of nitrogens with one attached hydrogen (secondary N) is 2. The highest BCUT2D eigenvalue weighted by molar-refractivity contribution is 6.07. The molecule has 4 rings (SSSR count). The maximum Gasteiger partial charge on any atom is 0.258 e. The Hall–Kier alpha value is -4.46. The second-order valence-electron chi connectivity index (χ2n) is 9.38. The molecule has 0 atom stereocenters. The Morgan fingerprint density at radius 1 is 1.00 bits per heavy atom. The average Bonchev–Trinajstić information content (AvgIpc) is 2.93. The molecule has 0 saturated carbocycles. The molecule has 4 N–H and O–H groups in total. The van der Waals surface area contributed by atoms with Crippen molar-refractivity contribution in [2.75, 3.05) is 29.4 Å². The number of carbonyl (C=O) groups is 3. The summed E-state index contributed by atoms with van der Waals surface area (Å²) >= 11 is 0. The molecule has 0 aromatic heterocycles. The summed E-state index contributed by atoms with van der Waals surface area (Å²) in [6.45, 7) is 2.79. The summed E-state index contributed by atoms with van der Waals surface area (Å²) < 4.78 is 0.